The lowest BCUT2D eigenvalue weighted by atomic mass is 9.80. The summed E-state index contributed by atoms with van der Waals surface area (Å²) in [6, 6.07) is 3.90. The van der Waals surface area contributed by atoms with E-state index in [0.717, 1.165) is 0 Å². The number of hydrogen-bond donors (Lipinski definition) is 0. The van der Waals surface area contributed by atoms with Crippen molar-refractivity contribution < 1.29 is 123 Å². The van der Waals surface area contributed by atoms with E-state index in [0.29, 0.717) is 0 Å². The van der Waals surface area contributed by atoms with Gasteiger partial charge in [-0.1, -0.05) is 34.6 Å². The van der Waals surface area contributed by atoms with Crippen LogP contribution in [0.1, 0.15) is 53.9 Å². The van der Waals surface area contributed by atoms with Gasteiger partial charge in [-0.15, -0.1) is 0 Å². The maximum atomic E-state index is 13.0. The molecule has 15 rings (SSSR count). The number of halogens is 6. The number of hydrogen-bond acceptors (Lipinski definition) is 24. The number of fused-ring (bicyclic) bond motifs is 5. The molecule has 76 heavy (non-hydrogen) atoms. The Bertz CT molecular complexity index is 3180. The van der Waals surface area contributed by atoms with E-state index in [1.54, 1.807) is 6.92 Å². The molecule has 0 aliphatic carbocycles. The fourth-order valence-electron chi connectivity index (χ4n) is 14.4. The SMILES string of the molecule is CC1C2CC3(C#N)C(O2)C1OS3(=O)=O.CC1C2CC3(C(F)(F)F)C(O2)C1OS3(=O)=O.CC1C2OC3C1OS(=O)(=O)C3C2C#N.CC1C2OS(=O)(=O)C3C2OC1C3C(F)(F)F.COC(=O)C12CC3OC1C(OS2(=O)=O)C3C. The number of esters is 1. The zero-order valence-electron chi connectivity index (χ0n) is 40.2. The first kappa shape index (κ1) is 55.3. The highest BCUT2D eigenvalue weighted by molar-refractivity contribution is 7.90. The second-order valence-electron chi connectivity index (χ2n) is 21.9. The summed E-state index contributed by atoms with van der Waals surface area (Å²) in [4.78, 5) is 11.7. The highest BCUT2D eigenvalue weighted by Gasteiger charge is 2.84. The van der Waals surface area contributed by atoms with Crippen LogP contribution in [-0.4, -0.2) is 184 Å². The number of alkyl halides is 6. The molecule has 27 unspecified atom stereocenters. The first-order chi connectivity index (χ1) is 35.0. The van der Waals surface area contributed by atoms with Crippen molar-refractivity contribution in [2.24, 2.45) is 41.4 Å². The van der Waals surface area contributed by atoms with Crippen LogP contribution >= 0.6 is 0 Å². The predicted molar refractivity (Wildman–Crippen MR) is 230 cm³/mol. The quantitative estimate of drug-likeness (QED) is 0.194. The number of nitrogens with zero attached hydrogens (tertiary/aromatic N) is 2. The predicted octanol–water partition coefficient (Wildman–Crippen LogP) is 0.362. The van der Waals surface area contributed by atoms with Gasteiger partial charge in [-0.05, 0) is 0 Å². The molecule has 15 aliphatic heterocycles. The van der Waals surface area contributed by atoms with E-state index in [1.165, 1.54) is 14.0 Å². The molecule has 15 fully saturated rings. The topological polar surface area (TPSA) is 337 Å². The van der Waals surface area contributed by atoms with E-state index in [-0.39, 0.29) is 60.9 Å². The second-order valence-corrected chi connectivity index (χ2v) is 30.8. The summed E-state index contributed by atoms with van der Waals surface area (Å²) in [5.41, 5.74) is 0. The number of nitriles is 2. The fourth-order valence-corrected chi connectivity index (χ4v) is 23.6. The van der Waals surface area contributed by atoms with Crippen LogP contribution in [-0.2, 0) is 105 Å². The zero-order chi connectivity index (χ0) is 55.7. The van der Waals surface area contributed by atoms with Crippen molar-refractivity contribution in [2.75, 3.05) is 7.11 Å². The third-order valence-electron chi connectivity index (χ3n) is 18.4. The Balaban J connectivity index is 0.000000101. The lowest BCUT2D eigenvalue weighted by molar-refractivity contribution is -0.189. The Labute approximate surface area is 431 Å². The van der Waals surface area contributed by atoms with Gasteiger partial charge in [0.15, 0.2) is 0 Å². The molecule has 0 aromatic carbocycles. The van der Waals surface area contributed by atoms with Gasteiger partial charge in [0.25, 0.3) is 50.6 Å². The summed E-state index contributed by atoms with van der Waals surface area (Å²) in [5, 5.41) is 15.6. The van der Waals surface area contributed by atoms with Gasteiger partial charge < -0.3 is 28.4 Å². The molecule has 15 aliphatic rings. The van der Waals surface area contributed by atoms with Crippen molar-refractivity contribution in [3.05, 3.63) is 0 Å². The molecule has 27 atom stereocenters. The van der Waals surface area contributed by atoms with E-state index >= 15 is 0 Å². The summed E-state index contributed by atoms with van der Waals surface area (Å²) < 4.78 is 243. The Hall–Kier alpha value is -2.62. The van der Waals surface area contributed by atoms with Crippen molar-refractivity contribution in [1.82, 2.24) is 0 Å². The Morgan fingerprint density at radius 2 is 0.987 bits per heavy atom. The lowest BCUT2D eigenvalue weighted by Gasteiger charge is -2.29. The number of carbonyl (C=O) groups excluding carboxylic acids is 1. The van der Waals surface area contributed by atoms with Gasteiger partial charge in [-0.2, -0.15) is 79.0 Å². The molecular weight excluding hydrogens is 1150 g/mol. The average molecular weight is 1200 g/mol. The van der Waals surface area contributed by atoms with E-state index < -0.39 is 185 Å². The van der Waals surface area contributed by atoms with Crippen molar-refractivity contribution in [2.45, 2.75) is 183 Å². The van der Waals surface area contributed by atoms with Gasteiger partial charge in [0.1, 0.15) is 77.5 Å². The maximum absolute atomic E-state index is 13.0. The number of carbonyl (C=O) groups is 1. The van der Waals surface area contributed by atoms with Crippen molar-refractivity contribution in [3.63, 3.8) is 0 Å². The Morgan fingerprint density at radius 1 is 0.526 bits per heavy atom. The normalized spacial score (nSPS) is 54.6. The van der Waals surface area contributed by atoms with Gasteiger partial charge in [0, 0.05) is 48.9 Å². The molecule has 0 aromatic rings. The third kappa shape index (κ3) is 6.90. The maximum Gasteiger partial charge on any atom is 0.413 e. The van der Waals surface area contributed by atoms with Crippen LogP contribution in [0.3, 0.4) is 0 Å². The fraction of sp³-hybridized carbons (Fsp3) is 0.927. The standard InChI is InChI=1S/C9H12O6S.2C8H9F3O4S.2C8H9NO4S/c1-4-5-3-9(8(10)13-2)7(14-5)6(4)15-16(9,11)12;1-3-4-2-7(8(9,10)11)6(14-4)5(3)15-16(7,12)13;1-2-4-3(8(9,10)11)7-6(14-4)5(2)15-16(7,12)13;1-4-5-2-8(3-9)7(12-5)6(4)13-14(8,10)11;1-3-5-4(2-9)8-7(12-5)6(3)13-14(8,10)11/h4-7H,3H2,1-2H3;3-6H,2H2,1H3;2-7H,1H3;4-7H,2H2,1H3;3-8H,1H3. The Morgan fingerprint density at radius 3 is 1.50 bits per heavy atom. The Kier molecular flexibility index (Phi) is 12.2. The molecule has 0 saturated carbocycles. The van der Waals surface area contributed by atoms with Crippen LogP contribution in [0.2, 0.25) is 0 Å². The zero-order valence-corrected chi connectivity index (χ0v) is 44.2. The number of rotatable bonds is 1. The molecule has 0 amide bonds. The summed E-state index contributed by atoms with van der Waals surface area (Å²) in [7, 11) is -18.9. The van der Waals surface area contributed by atoms with Crippen LogP contribution < -0.4 is 0 Å². The summed E-state index contributed by atoms with van der Waals surface area (Å²) in [6.07, 6.45) is -19.0. The van der Waals surface area contributed by atoms with Crippen molar-refractivity contribution >= 4 is 56.6 Å². The van der Waals surface area contributed by atoms with Crippen LogP contribution in [0, 0.1) is 64.1 Å². The molecule has 0 aromatic heterocycles. The number of methoxy groups -OCH3 is 1. The molecule has 24 nitrogen and oxygen atoms in total. The molecular formula is C41H48F6N2O22S5. The molecule has 10 bridgehead atoms. The average Bonchev–Trinajstić information content (AvgIpc) is 4.17. The second kappa shape index (κ2) is 16.8. The van der Waals surface area contributed by atoms with Crippen LogP contribution in [0.15, 0.2) is 0 Å². The summed E-state index contributed by atoms with van der Waals surface area (Å²) >= 11 is 0. The van der Waals surface area contributed by atoms with E-state index in [1.807, 2.05) is 32.9 Å². The van der Waals surface area contributed by atoms with Gasteiger partial charge in [-0.3, -0.25) is 25.7 Å². The monoisotopic (exact) mass is 1190 g/mol. The van der Waals surface area contributed by atoms with Gasteiger partial charge in [0.2, 0.25) is 14.2 Å². The van der Waals surface area contributed by atoms with Gasteiger partial charge in [-0.25, -0.2) is 0 Å². The minimum Gasteiger partial charge on any atom is -0.468 e. The van der Waals surface area contributed by atoms with Gasteiger partial charge >= 0.3 is 18.3 Å². The summed E-state index contributed by atoms with van der Waals surface area (Å²) in [6.45, 7) is 8.83. The molecule has 0 spiro atoms. The first-order valence-corrected chi connectivity index (χ1v) is 31.1. The van der Waals surface area contributed by atoms with Crippen molar-refractivity contribution in [1.29, 1.82) is 10.5 Å². The molecule has 15 saturated heterocycles. The molecule has 0 N–H and O–H groups in total. The molecule has 0 radical (unpaired) electrons. The van der Waals surface area contributed by atoms with E-state index in [2.05, 4.69) is 8.92 Å². The van der Waals surface area contributed by atoms with E-state index in [4.69, 9.17) is 50.9 Å². The minimum absolute atomic E-state index is 0.0000520. The summed E-state index contributed by atoms with van der Waals surface area (Å²) in [5.74, 6) is -4.05. The molecule has 35 heteroatoms. The largest absolute Gasteiger partial charge is 0.468 e. The number of ether oxygens (including phenoxy) is 6. The van der Waals surface area contributed by atoms with E-state index in [9.17, 15) is 73.2 Å². The van der Waals surface area contributed by atoms with Gasteiger partial charge in [0.05, 0.1) is 55.7 Å². The minimum atomic E-state index is -4.85. The molecule has 426 valence electrons. The third-order valence-corrected chi connectivity index (χ3v) is 27.6. The lowest BCUT2D eigenvalue weighted by Crippen LogP contribution is -2.56. The van der Waals surface area contributed by atoms with Crippen LogP contribution in [0.5, 0.6) is 0 Å². The van der Waals surface area contributed by atoms with Crippen molar-refractivity contribution in [3.8, 4) is 12.1 Å². The van der Waals surface area contributed by atoms with Crippen LogP contribution in [0.4, 0.5) is 26.3 Å². The van der Waals surface area contributed by atoms with Crippen LogP contribution in [0.25, 0.3) is 0 Å². The first-order valence-electron chi connectivity index (χ1n) is 23.9. The molecule has 15 heterocycles. The smallest absolute Gasteiger partial charge is 0.413 e. The highest BCUT2D eigenvalue weighted by Crippen LogP contribution is 2.63. The highest BCUT2D eigenvalue weighted by atomic mass is 32.2.